The number of aromatic amines is 1. The quantitative estimate of drug-likeness (QED) is 0.281. The van der Waals surface area contributed by atoms with Crippen molar-refractivity contribution in [3.63, 3.8) is 0 Å². The van der Waals surface area contributed by atoms with E-state index in [9.17, 15) is 19.2 Å². The Morgan fingerprint density at radius 1 is 0.628 bits per heavy atom. The molecule has 2 aliphatic heterocycles. The number of fused-ring (bicyclic) bond motifs is 2. The van der Waals surface area contributed by atoms with Crippen molar-refractivity contribution in [1.29, 1.82) is 0 Å². The third kappa shape index (κ3) is 6.30. The van der Waals surface area contributed by atoms with Crippen molar-refractivity contribution in [3.05, 3.63) is 108 Å². The molecule has 0 bridgehead atoms. The lowest BCUT2D eigenvalue weighted by Gasteiger charge is -2.32. The first-order valence-corrected chi connectivity index (χ1v) is 14.8. The molecule has 2 fully saturated rings. The van der Waals surface area contributed by atoms with Gasteiger partial charge in [0.05, 0.1) is 0 Å². The number of hydrogen-bond donors (Lipinski definition) is 4. The van der Waals surface area contributed by atoms with Gasteiger partial charge in [0.25, 0.3) is 0 Å². The van der Waals surface area contributed by atoms with Crippen LogP contribution in [-0.4, -0.2) is 64.2 Å². The van der Waals surface area contributed by atoms with Crippen molar-refractivity contribution in [3.8, 4) is 0 Å². The highest BCUT2D eigenvalue weighted by atomic mass is 16.2. The highest BCUT2D eigenvalue weighted by molar-refractivity contribution is 5.98. The molecule has 4 N–H and O–H groups in total. The molecular weight excluding hydrogens is 542 g/mol. The number of para-hydroxylation sites is 1. The van der Waals surface area contributed by atoms with Crippen molar-refractivity contribution in [2.24, 2.45) is 0 Å². The zero-order valence-corrected chi connectivity index (χ0v) is 23.8. The topological polar surface area (TPSA) is 123 Å². The molecule has 9 nitrogen and oxygen atoms in total. The number of amides is 4. The summed E-state index contributed by atoms with van der Waals surface area (Å²) in [5, 5.41) is 9.78. The van der Waals surface area contributed by atoms with Crippen molar-refractivity contribution in [1.82, 2.24) is 25.8 Å². The molecule has 2 aliphatic rings. The van der Waals surface area contributed by atoms with Crippen LogP contribution in [0.5, 0.6) is 0 Å². The van der Waals surface area contributed by atoms with Crippen LogP contribution in [0.25, 0.3) is 10.9 Å². The van der Waals surface area contributed by atoms with Gasteiger partial charge in [-0.2, -0.15) is 0 Å². The van der Waals surface area contributed by atoms with Crippen molar-refractivity contribution in [2.45, 2.75) is 56.3 Å². The normalized spacial score (nSPS) is 23.1. The van der Waals surface area contributed by atoms with Gasteiger partial charge in [0.1, 0.15) is 24.2 Å². The number of carbonyl (C=O) groups is 4. The maximum Gasteiger partial charge on any atom is 0.246 e. The summed E-state index contributed by atoms with van der Waals surface area (Å²) in [7, 11) is 0. The minimum Gasteiger partial charge on any atom is -0.361 e. The van der Waals surface area contributed by atoms with Crippen LogP contribution in [0.2, 0.25) is 0 Å². The van der Waals surface area contributed by atoms with Crippen LogP contribution in [0.3, 0.4) is 0 Å². The summed E-state index contributed by atoms with van der Waals surface area (Å²) in [6.07, 6.45) is 3.70. The number of nitrogens with one attached hydrogen (secondary N) is 4. The lowest BCUT2D eigenvalue weighted by atomic mass is 9.99. The molecule has 220 valence electrons. The van der Waals surface area contributed by atoms with Gasteiger partial charge in [-0.1, -0.05) is 78.9 Å². The summed E-state index contributed by atoms with van der Waals surface area (Å²) in [5.41, 5.74) is 3.53. The summed E-state index contributed by atoms with van der Waals surface area (Å²) in [6, 6.07) is 23.1. The fourth-order valence-electron chi connectivity index (χ4n) is 6.15. The lowest BCUT2D eigenvalue weighted by Crippen LogP contribution is -2.62. The number of nitrogens with zero attached hydrogens (tertiary/aromatic N) is 1. The van der Waals surface area contributed by atoms with Crippen LogP contribution in [0.15, 0.2) is 91.1 Å². The molecule has 0 radical (unpaired) electrons. The van der Waals surface area contributed by atoms with E-state index in [1.165, 1.54) is 0 Å². The fraction of sp³-hybridized carbons (Fsp3) is 0.294. The standard InChI is InChI=1S/C34H35N5O4/c40-31-27(18-22-10-3-1-4-11-22)37-33(42)30-16-9-17-39(30)34(43)29(19-23-12-5-2-6-13-23)38-32(41)28(36-31)20-24-21-35-26-15-8-7-14-25(24)26/h1-8,10-15,21,27-30,35H,9,16-20H2,(H,36,40)(H,37,42)(H,38,41)/t27-,28+,29-,30-/m0/s1. The van der Waals surface area contributed by atoms with E-state index >= 15 is 0 Å². The molecule has 1 aromatic heterocycles. The molecule has 3 aromatic carbocycles. The third-order valence-electron chi connectivity index (χ3n) is 8.38. The Morgan fingerprint density at radius 3 is 1.88 bits per heavy atom. The van der Waals surface area contributed by atoms with Gasteiger partial charge < -0.3 is 25.8 Å². The van der Waals surface area contributed by atoms with E-state index in [0.29, 0.717) is 19.4 Å². The molecule has 0 aliphatic carbocycles. The van der Waals surface area contributed by atoms with Crippen LogP contribution in [0.1, 0.15) is 29.5 Å². The minimum absolute atomic E-state index is 0.201. The van der Waals surface area contributed by atoms with E-state index in [-0.39, 0.29) is 31.1 Å². The number of carbonyl (C=O) groups excluding carboxylic acids is 4. The van der Waals surface area contributed by atoms with Crippen LogP contribution >= 0.6 is 0 Å². The van der Waals surface area contributed by atoms with Gasteiger partial charge in [0, 0.05) is 42.9 Å². The predicted molar refractivity (Wildman–Crippen MR) is 163 cm³/mol. The highest BCUT2D eigenvalue weighted by Crippen LogP contribution is 2.22. The zero-order valence-electron chi connectivity index (χ0n) is 23.8. The molecule has 4 aromatic rings. The van der Waals surface area contributed by atoms with Crippen LogP contribution in [0, 0.1) is 0 Å². The highest BCUT2D eigenvalue weighted by Gasteiger charge is 2.40. The smallest absolute Gasteiger partial charge is 0.246 e. The Morgan fingerprint density at radius 2 is 1.19 bits per heavy atom. The van der Waals surface area contributed by atoms with E-state index in [1.54, 1.807) is 4.90 Å². The van der Waals surface area contributed by atoms with Crippen molar-refractivity contribution >= 4 is 34.5 Å². The lowest BCUT2D eigenvalue weighted by molar-refractivity contribution is -0.143. The Balaban J connectivity index is 1.36. The summed E-state index contributed by atoms with van der Waals surface area (Å²) < 4.78 is 0. The monoisotopic (exact) mass is 577 g/mol. The largest absolute Gasteiger partial charge is 0.361 e. The maximum absolute atomic E-state index is 14.0. The van der Waals surface area contributed by atoms with E-state index in [1.807, 2.05) is 91.1 Å². The molecule has 0 unspecified atom stereocenters. The van der Waals surface area contributed by atoms with Gasteiger partial charge in [-0.25, -0.2) is 0 Å². The second-order valence-corrected chi connectivity index (χ2v) is 11.3. The number of hydrogen-bond acceptors (Lipinski definition) is 4. The number of aromatic nitrogens is 1. The van der Waals surface area contributed by atoms with Gasteiger partial charge in [-0.05, 0) is 35.6 Å². The number of H-pyrrole nitrogens is 1. The molecular formula is C34H35N5O4. The maximum atomic E-state index is 14.0. The van der Waals surface area contributed by atoms with Crippen LogP contribution < -0.4 is 16.0 Å². The van der Waals surface area contributed by atoms with Crippen LogP contribution in [-0.2, 0) is 38.4 Å². The molecule has 0 spiro atoms. The molecule has 6 rings (SSSR count). The second-order valence-electron chi connectivity index (χ2n) is 11.3. The second kappa shape index (κ2) is 12.5. The van der Waals surface area contributed by atoms with E-state index in [4.69, 9.17) is 0 Å². The zero-order chi connectivity index (χ0) is 29.8. The molecule has 3 heterocycles. The number of benzene rings is 3. The molecule has 0 saturated carbocycles. The van der Waals surface area contributed by atoms with Crippen molar-refractivity contribution < 1.29 is 19.2 Å². The van der Waals surface area contributed by atoms with E-state index in [0.717, 1.165) is 27.6 Å². The molecule has 4 atom stereocenters. The first-order valence-electron chi connectivity index (χ1n) is 14.8. The van der Waals surface area contributed by atoms with Gasteiger partial charge in [-0.3, -0.25) is 19.2 Å². The van der Waals surface area contributed by atoms with Crippen molar-refractivity contribution in [2.75, 3.05) is 6.54 Å². The van der Waals surface area contributed by atoms with Crippen LogP contribution in [0.4, 0.5) is 0 Å². The summed E-state index contributed by atoms with van der Waals surface area (Å²) in [6.45, 7) is 0.409. The van der Waals surface area contributed by atoms with Gasteiger partial charge in [0.15, 0.2) is 0 Å². The summed E-state index contributed by atoms with van der Waals surface area (Å²) in [4.78, 5) is 60.3. The predicted octanol–water partition coefficient (Wildman–Crippen LogP) is 2.65. The Hall–Kier alpha value is -4.92. The molecule has 2 saturated heterocycles. The Kier molecular flexibility index (Phi) is 8.22. The Bertz CT molecular complexity index is 1620. The summed E-state index contributed by atoms with van der Waals surface area (Å²) in [5.74, 6) is -1.56. The van der Waals surface area contributed by atoms with Gasteiger partial charge in [-0.15, -0.1) is 0 Å². The average molecular weight is 578 g/mol. The van der Waals surface area contributed by atoms with Gasteiger partial charge >= 0.3 is 0 Å². The molecule has 43 heavy (non-hydrogen) atoms. The van der Waals surface area contributed by atoms with E-state index in [2.05, 4.69) is 20.9 Å². The molecule has 4 amide bonds. The Labute approximate surface area is 250 Å². The molecule has 9 heteroatoms. The van der Waals surface area contributed by atoms with E-state index < -0.39 is 36.0 Å². The SMILES string of the molecule is O=C1N[C@H](Cc2c[nH]c3ccccc23)C(=O)N[C@@H](Cc2ccccc2)C(=O)N2CCC[C@H]2C(=O)N[C@H]1Cc1ccccc1. The summed E-state index contributed by atoms with van der Waals surface area (Å²) >= 11 is 0. The number of rotatable bonds is 6. The fourth-order valence-corrected chi connectivity index (χ4v) is 6.15. The first-order chi connectivity index (χ1) is 21.0. The minimum atomic E-state index is -0.984. The third-order valence-corrected chi connectivity index (χ3v) is 8.38. The van der Waals surface area contributed by atoms with Gasteiger partial charge in [0.2, 0.25) is 23.6 Å². The first kappa shape index (κ1) is 28.2. The average Bonchev–Trinajstić information content (AvgIpc) is 3.68.